The predicted octanol–water partition coefficient (Wildman–Crippen LogP) is 4.68. The number of likely N-dealkylation sites (tertiary alicyclic amines) is 1. The largest absolute Gasteiger partial charge is 0.457 e. The van der Waals surface area contributed by atoms with Gasteiger partial charge in [-0.2, -0.15) is 10.4 Å². The van der Waals surface area contributed by atoms with Gasteiger partial charge >= 0.3 is 0 Å². The molecule has 1 saturated heterocycles. The van der Waals surface area contributed by atoms with E-state index in [-0.39, 0.29) is 12.1 Å². The van der Waals surface area contributed by atoms with Crippen molar-refractivity contribution in [3.8, 4) is 28.9 Å². The van der Waals surface area contributed by atoms with Gasteiger partial charge in [-0.25, -0.2) is 14.6 Å². The van der Waals surface area contributed by atoms with Gasteiger partial charge in [0.2, 0.25) is 0 Å². The van der Waals surface area contributed by atoms with Crippen molar-refractivity contribution >= 4 is 16.9 Å². The van der Waals surface area contributed by atoms with Crippen LogP contribution in [-0.4, -0.2) is 37.2 Å². The molecule has 2 N–H and O–H groups in total. The van der Waals surface area contributed by atoms with Gasteiger partial charge in [-0.05, 0) is 63.1 Å². The molecule has 5 rings (SSSR count). The Morgan fingerprint density at radius 1 is 1.03 bits per heavy atom. The molecule has 8 nitrogen and oxygen atoms in total. The van der Waals surface area contributed by atoms with Gasteiger partial charge in [0.1, 0.15) is 29.3 Å². The third kappa shape index (κ3) is 3.94. The minimum Gasteiger partial charge on any atom is -0.457 e. The van der Waals surface area contributed by atoms with Crippen LogP contribution >= 0.6 is 0 Å². The number of nitrogens with two attached hydrogens (primary N) is 1. The number of piperidine rings is 1. The van der Waals surface area contributed by atoms with Crippen LogP contribution in [0.4, 0.5) is 5.82 Å². The maximum Gasteiger partial charge on any atom is 0.179 e. The Balaban J connectivity index is 1.49. The normalized spacial score (nSPS) is 18.3. The highest BCUT2D eigenvalue weighted by Gasteiger charge is 2.29. The van der Waals surface area contributed by atoms with E-state index in [1.807, 2.05) is 65.0 Å². The van der Waals surface area contributed by atoms with Crippen LogP contribution in [-0.2, 0) is 0 Å². The first-order valence-electron chi connectivity index (χ1n) is 11.0. The minimum absolute atomic E-state index is 0.0375. The number of aromatic nitrogens is 4. The first-order chi connectivity index (χ1) is 16.0. The molecular formula is C25H25N7O. The lowest BCUT2D eigenvalue weighted by Gasteiger charge is -2.34. The first kappa shape index (κ1) is 20.8. The third-order valence-corrected chi connectivity index (χ3v) is 6.23. The molecule has 0 spiro atoms. The molecule has 0 saturated carbocycles. The molecule has 33 heavy (non-hydrogen) atoms. The van der Waals surface area contributed by atoms with Gasteiger partial charge in [-0.1, -0.05) is 17.7 Å². The van der Waals surface area contributed by atoms with Gasteiger partial charge in [0.25, 0.3) is 0 Å². The van der Waals surface area contributed by atoms with Gasteiger partial charge < -0.3 is 15.4 Å². The van der Waals surface area contributed by atoms with Crippen LogP contribution in [0.3, 0.4) is 0 Å². The van der Waals surface area contributed by atoms with E-state index in [9.17, 15) is 5.26 Å². The monoisotopic (exact) mass is 439 g/mol. The maximum atomic E-state index is 9.50. The first-order valence-corrected chi connectivity index (χ1v) is 11.0. The molecule has 2 atom stereocenters. The molecule has 1 aliphatic rings. The molecule has 1 aliphatic heterocycles. The fraction of sp³-hybridized carbons (Fsp3) is 0.280. The summed E-state index contributed by atoms with van der Waals surface area (Å²) in [6, 6.07) is 16.0. The number of fused-ring (bicyclic) bond motifs is 1. The smallest absolute Gasteiger partial charge is 0.179 e. The second-order valence-electron chi connectivity index (χ2n) is 8.52. The minimum atomic E-state index is 0.0375. The summed E-state index contributed by atoms with van der Waals surface area (Å²) in [7, 11) is 0. The lowest BCUT2D eigenvalue weighted by molar-refractivity contribution is 0.179. The lowest BCUT2D eigenvalue weighted by Crippen LogP contribution is -2.39. The summed E-state index contributed by atoms with van der Waals surface area (Å²) in [5.74, 6) is 1.92. The molecule has 1 fully saturated rings. The van der Waals surface area contributed by atoms with Crippen molar-refractivity contribution in [3.05, 3.63) is 60.4 Å². The van der Waals surface area contributed by atoms with Crippen LogP contribution in [0.5, 0.6) is 11.5 Å². The van der Waals surface area contributed by atoms with Crippen LogP contribution in [0.2, 0.25) is 0 Å². The number of ether oxygens (including phenoxy) is 1. The van der Waals surface area contributed by atoms with E-state index in [4.69, 9.17) is 15.6 Å². The zero-order valence-electron chi connectivity index (χ0n) is 18.6. The van der Waals surface area contributed by atoms with Gasteiger partial charge in [0.05, 0.1) is 18.0 Å². The highest BCUT2D eigenvalue weighted by atomic mass is 16.5. The fourth-order valence-electron chi connectivity index (χ4n) is 4.30. The van der Waals surface area contributed by atoms with Crippen LogP contribution in [0.15, 0.2) is 54.9 Å². The van der Waals surface area contributed by atoms with Gasteiger partial charge in [-0.3, -0.25) is 0 Å². The van der Waals surface area contributed by atoms with E-state index in [0.29, 0.717) is 18.0 Å². The number of hydrogen-bond acceptors (Lipinski definition) is 7. The number of aryl methyl sites for hydroxylation is 1. The molecule has 8 heteroatoms. The Kier molecular flexibility index (Phi) is 5.31. The van der Waals surface area contributed by atoms with Gasteiger partial charge in [-0.15, -0.1) is 0 Å². The number of anilines is 1. The average molecular weight is 440 g/mol. The van der Waals surface area contributed by atoms with Crippen molar-refractivity contribution < 1.29 is 4.74 Å². The van der Waals surface area contributed by atoms with Crippen LogP contribution in [0, 0.1) is 18.4 Å². The quantitative estimate of drug-likeness (QED) is 0.460. The number of nitriles is 1. The molecule has 2 aromatic heterocycles. The summed E-state index contributed by atoms with van der Waals surface area (Å²) >= 11 is 0. The fourth-order valence-corrected chi connectivity index (χ4v) is 4.30. The Labute approximate surface area is 192 Å². The van der Waals surface area contributed by atoms with E-state index in [2.05, 4.69) is 23.1 Å². The summed E-state index contributed by atoms with van der Waals surface area (Å²) in [6.07, 6.45) is 5.60. The van der Waals surface area contributed by atoms with Crippen molar-refractivity contribution in [2.24, 2.45) is 0 Å². The second kappa shape index (κ2) is 8.43. The summed E-state index contributed by atoms with van der Waals surface area (Å²) < 4.78 is 7.87. The van der Waals surface area contributed by atoms with Crippen molar-refractivity contribution in [1.29, 1.82) is 5.26 Å². The Morgan fingerprint density at radius 3 is 2.42 bits per heavy atom. The predicted molar refractivity (Wildman–Crippen MR) is 126 cm³/mol. The number of rotatable bonds is 4. The summed E-state index contributed by atoms with van der Waals surface area (Å²) in [5.41, 5.74) is 9.77. The van der Waals surface area contributed by atoms with Crippen molar-refractivity contribution in [2.45, 2.75) is 38.8 Å². The standard InChI is InChI=1S/C25H25N7O/c1-16-3-9-20(10-4-16)33-21-11-6-18(7-12-21)23-22-24(27)28-15-29-25(22)32(30-23)19-8-5-17(2)31(13-19)14-26/h3-4,6-7,9-12,15,17,19H,5,8,13H2,1-2H3,(H2,27,28,29)/t17-,19+/m1/s1. The number of nitrogens with zero attached hydrogens (tertiary/aromatic N) is 6. The van der Waals surface area contributed by atoms with Crippen LogP contribution in [0.1, 0.15) is 31.4 Å². The van der Waals surface area contributed by atoms with Crippen molar-refractivity contribution in [2.75, 3.05) is 12.3 Å². The molecular weight excluding hydrogens is 414 g/mol. The van der Waals surface area contributed by atoms with Gasteiger partial charge in [0, 0.05) is 11.6 Å². The highest BCUT2D eigenvalue weighted by molar-refractivity contribution is 5.98. The highest BCUT2D eigenvalue weighted by Crippen LogP contribution is 2.35. The zero-order valence-corrected chi connectivity index (χ0v) is 18.6. The molecule has 166 valence electrons. The Morgan fingerprint density at radius 2 is 1.73 bits per heavy atom. The molecule has 4 aromatic rings. The topological polar surface area (TPSA) is 106 Å². The Bertz CT molecular complexity index is 1320. The second-order valence-corrected chi connectivity index (χ2v) is 8.52. The summed E-state index contributed by atoms with van der Waals surface area (Å²) in [4.78, 5) is 10.5. The average Bonchev–Trinajstić information content (AvgIpc) is 3.22. The molecule has 0 aliphatic carbocycles. The summed E-state index contributed by atoms with van der Waals surface area (Å²) in [5, 5.41) is 15.1. The van der Waals surface area contributed by atoms with Crippen molar-refractivity contribution in [3.63, 3.8) is 0 Å². The van der Waals surface area contributed by atoms with Crippen molar-refractivity contribution in [1.82, 2.24) is 24.6 Å². The Hall–Kier alpha value is -4.12. The van der Waals surface area contributed by atoms with E-state index in [1.54, 1.807) is 0 Å². The molecule has 0 radical (unpaired) electrons. The number of benzene rings is 2. The summed E-state index contributed by atoms with van der Waals surface area (Å²) in [6.45, 7) is 4.72. The number of nitrogen functional groups attached to an aromatic ring is 1. The SMILES string of the molecule is Cc1ccc(Oc2ccc(-c3nn([C@H]4CC[C@@H](C)N(C#N)C4)c4ncnc(N)c34)cc2)cc1. The third-order valence-electron chi connectivity index (χ3n) is 6.23. The van der Waals surface area contributed by atoms with E-state index in [0.717, 1.165) is 41.0 Å². The molecule has 0 amide bonds. The van der Waals surface area contributed by atoms with Crippen LogP contribution in [0.25, 0.3) is 22.3 Å². The molecule has 2 aromatic carbocycles. The zero-order chi connectivity index (χ0) is 22.9. The number of hydrogen-bond donors (Lipinski definition) is 1. The van der Waals surface area contributed by atoms with Crippen LogP contribution < -0.4 is 10.5 Å². The lowest BCUT2D eigenvalue weighted by atomic mass is 10.0. The molecule has 0 unspecified atom stereocenters. The maximum absolute atomic E-state index is 9.50. The molecule has 3 heterocycles. The van der Waals surface area contributed by atoms with E-state index in [1.165, 1.54) is 11.9 Å². The van der Waals surface area contributed by atoms with E-state index < -0.39 is 0 Å². The van der Waals surface area contributed by atoms with Gasteiger partial charge in [0.15, 0.2) is 11.8 Å². The molecule has 0 bridgehead atoms. The van der Waals surface area contributed by atoms with E-state index >= 15 is 0 Å².